The van der Waals surface area contributed by atoms with Crippen molar-refractivity contribution in [1.82, 2.24) is 0 Å². The van der Waals surface area contributed by atoms with E-state index in [0.717, 1.165) is 0 Å². The van der Waals surface area contributed by atoms with Crippen LogP contribution in [0.1, 0.15) is 0 Å². The predicted molar refractivity (Wildman–Crippen MR) is 23.8 cm³/mol. The molecule has 6 heavy (non-hydrogen) atoms. The zero-order valence-corrected chi connectivity index (χ0v) is 5.42. The third kappa shape index (κ3) is 74.3. The summed E-state index contributed by atoms with van der Waals surface area (Å²) in [5.41, 5.74) is 0. The average molecular weight is 130 g/mol. The maximum absolute atomic E-state index is 0. The van der Waals surface area contributed by atoms with Crippen LogP contribution < -0.4 is 0 Å². The van der Waals surface area contributed by atoms with E-state index in [9.17, 15) is 0 Å². The molecule has 0 amide bonds. The van der Waals surface area contributed by atoms with Crippen LogP contribution in [0.15, 0.2) is 0 Å². The molecule has 0 aromatic carbocycles. The zero-order chi connectivity index (χ0) is 0. The van der Waals surface area contributed by atoms with Crippen LogP contribution in [0.3, 0.4) is 0 Å². The van der Waals surface area contributed by atoms with Crippen molar-refractivity contribution in [2.24, 2.45) is 0 Å². The molecule has 0 rings (SSSR count). The van der Waals surface area contributed by atoms with Gasteiger partial charge in [0.2, 0.25) is 0 Å². The number of rotatable bonds is 0. The Morgan fingerprint density at radius 1 is 0.333 bits per heavy atom. The van der Waals surface area contributed by atoms with Gasteiger partial charge in [0.1, 0.15) is 0 Å². The van der Waals surface area contributed by atoms with Crippen LogP contribution >= 0.6 is 0 Å². The molecule has 0 aliphatic rings. The zero-order valence-electron chi connectivity index (χ0n) is 3.21. The van der Waals surface area contributed by atoms with Gasteiger partial charge < -0.3 is 27.4 Å². The Balaban J connectivity index is 0. The van der Waals surface area contributed by atoms with Crippen LogP contribution in [0.25, 0.3) is 0 Å². The second-order valence-electron chi connectivity index (χ2n) is 0. The molecule has 0 aliphatic heterocycles. The first-order valence-corrected chi connectivity index (χ1v) is 0. The van der Waals surface area contributed by atoms with E-state index < -0.39 is 0 Å². The molecule has 0 bridgehead atoms. The van der Waals surface area contributed by atoms with Gasteiger partial charge in [0.15, 0.2) is 0 Å². The molecular weight excluding hydrogens is 120 g/mol. The summed E-state index contributed by atoms with van der Waals surface area (Å²) in [4.78, 5) is 0. The Morgan fingerprint density at radius 2 is 0.333 bits per heavy atom. The fourth-order valence-corrected chi connectivity index (χ4v) is 0. The van der Waals surface area contributed by atoms with Gasteiger partial charge >= 0.3 is 0 Å². The van der Waals surface area contributed by atoms with Gasteiger partial charge in [-0.15, -0.1) is 0 Å². The van der Waals surface area contributed by atoms with Crippen molar-refractivity contribution < 1.29 is 27.4 Å². The van der Waals surface area contributed by atoms with Crippen LogP contribution in [0.4, 0.5) is 0 Å². The molecule has 0 atom stereocenters. The summed E-state index contributed by atoms with van der Waals surface area (Å²) in [7, 11) is 0. The molecule has 0 aromatic heterocycles. The predicted octanol–water partition coefficient (Wildman–Crippen LogP) is -4.50. The van der Waals surface area contributed by atoms with Crippen LogP contribution in [-0.4, -0.2) is 65.1 Å². The molecule has 42 valence electrons. The molecule has 0 aromatic rings. The minimum atomic E-state index is 0. The fourth-order valence-electron chi connectivity index (χ4n) is 0. The largest absolute Gasteiger partial charge is 0.412 e. The Bertz CT molecular complexity index is 3.90. The summed E-state index contributed by atoms with van der Waals surface area (Å²) >= 11 is 0. The van der Waals surface area contributed by atoms with E-state index in [-0.39, 0.29) is 65.1 Å². The maximum atomic E-state index is 0. The Labute approximate surface area is 64.9 Å². The van der Waals surface area contributed by atoms with E-state index in [0.29, 0.717) is 0 Å². The van der Waals surface area contributed by atoms with Crippen molar-refractivity contribution in [1.29, 1.82) is 0 Å². The van der Waals surface area contributed by atoms with Crippen LogP contribution in [0.5, 0.6) is 0 Å². The summed E-state index contributed by atoms with van der Waals surface area (Å²) in [5, 5.41) is 0. The van der Waals surface area contributed by atoms with Gasteiger partial charge in [-0.1, -0.05) is 0 Å². The molecule has 10 N–H and O–H groups in total. The van der Waals surface area contributed by atoms with Crippen molar-refractivity contribution in [2.45, 2.75) is 0 Å². The van der Waals surface area contributed by atoms with Gasteiger partial charge in [0.05, 0.1) is 0 Å². The molecule has 5 nitrogen and oxygen atoms in total. The van der Waals surface area contributed by atoms with Crippen LogP contribution in [0, 0.1) is 0 Å². The van der Waals surface area contributed by atoms with Crippen molar-refractivity contribution in [3.63, 3.8) is 0 Å². The molecule has 0 saturated heterocycles. The summed E-state index contributed by atoms with van der Waals surface area (Å²) in [6.07, 6.45) is 0. The third-order valence-corrected chi connectivity index (χ3v) is 0. The molecule has 0 unspecified atom stereocenters. The van der Waals surface area contributed by atoms with E-state index in [1.807, 2.05) is 0 Å². The Kier molecular flexibility index (Phi) is 5310. The molecule has 0 saturated carbocycles. The minimum absolute atomic E-state index is 0. The van der Waals surface area contributed by atoms with Crippen molar-refractivity contribution >= 4 is 37.7 Å². The second kappa shape index (κ2) is 138. The first-order valence-electron chi connectivity index (χ1n) is 0. The summed E-state index contributed by atoms with van der Waals surface area (Å²) < 4.78 is 0. The van der Waals surface area contributed by atoms with Gasteiger partial charge in [-0.3, -0.25) is 0 Å². The molecule has 0 spiro atoms. The number of hydrogen-bond acceptors (Lipinski definition) is 0. The fraction of sp³-hybridized carbons (Fsp3) is 0. The normalized spacial score (nSPS) is 0. The van der Waals surface area contributed by atoms with Gasteiger partial charge in [-0.05, 0) is 0 Å². The second-order valence-corrected chi connectivity index (χ2v) is 0. The van der Waals surface area contributed by atoms with Crippen LogP contribution in [0.2, 0.25) is 0 Å². The SMILES string of the molecule is O.O.O.O.O.[Ca]. The topological polar surface area (TPSA) is 158 Å². The molecule has 0 aliphatic carbocycles. The molecule has 0 fully saturated rings. The van der Waals surface area contributed by atoms with Gasteiger partial charge in [-0.2, -0.15) is 0 Å². The van der Waals surface area contributed by atoms with E-state index in [2.05, 4.69) is 0 Å². The summed E-state index contributed by atoms with van der Waals surface area (Å²) in [6, 6.07) is 0. The molecule has 2 radical (unpaired) electrons. The summed E-state index contributed by atoms with van der Waals surface area (Å²) in [5.74, 6) is 0. The van der Waals surface area contributed by atoms with Gasteiger partial charge in [0.25, 0.3) is 0 Å². The number of hydrogen-bond donors (Lipinski definition) is 0. The van der Waals surface area contributed by atoms with Crippen molar-refractivity contribution in [3.8, 4) is 0 Å². The van der Waals surface area contributed by atoms with Crippen LogP contribution in [-0.2, 0) is 0 Å². The van der Waals surface area contributed by atoms with Gasteiger partial charge in [-0.25, -0.2) is 0 Å². The average Bonchev–Trinajstić information content (AvgIpc) is 0. The summed E-state index contributed by atoms with van der Waals surface area (Å²) in [6.45, 7) is 0. The molecule has 0 heterocycles. The molecular formula is H10CaO5. The van der Waals surface area contributed by atoms with E-state index in [1.54, 1.807) is 0 Å². The quantitative estimate of drug-likeness (QED) is 0.289. The Morgan fingerprint density at radius 3 is 0.333 bits per heavy atom. The van der Waals surface area contributed by atoms with Crippen molar-refractivity contribution in [2.75, 3.05) is 0 Å². The standard InChI is InChI=1S/Ca.5H2O/h;5*1H2. The van der Waals surface area contributed by atoms with E-state index >= 15 is 0 Å². The first-order chi connectivity index (χ1) is 0. The first kappa shape index (κ1) is 231. The third-order valence-electron chi connectivity index (χ3n) is 0. The monoisotopic (exact) mass is 130 g/mol. The van der Waals surface area contributed by atoms with Crippen molar-refractivity contribution in [3.05, 3.63) is 0 Å². The minimum Gasteiger partial charge on any atom is -0.412 e. The van der Waals surface area contributed by atoms with E-state index in [4.69, 9.17) is 0 Å². The molecule has 6 heteroatoms. The van der Waals surface area contributed by atoms with Gasteiger partial charge in [0, 0.05) is 37.7 Å². The smallest absolute Gasteiger partial charge is 0 e. The Hall–Kier alpha value is 1.06. The maximum Gasteiger partial charge on any atom is 0 e. The van der Waals surface area contributed by atoms with E-state index in [1.165, 1.54) is 0 Å².